The maximum absolute atomic E-state index is 13.5. The Bertz CT molecular complexity index is 667. The van der Waals surface area contributed by atoms with Gasteiger partial charge >= 0.3 is 5.69 Å². The summed E-state index contributed by atoms with van der Waals surface area (Å²) in [6.45, 7) is 2.00. The summed E-state index contributed by atoms with van der Waals surface area (Å²) in [6.07, 6.45) is 3.41. The summed E-state index contributed by atoms with van der Waals surface area (Å²) in [7, 11) is 0. The zero-order valence-corrected chi connectivity index (χ0v) is 10.7. The van der Waals surface area contributed by atoms with Gasteiger partial charge in [-0.05, 0) is 11.6 Å². The van der Waals surface area contributed by atoms with Gasteiger partial charge in [0, 0.05) is 18.7 Å². The number of hydrogen-bond donors (Lipinski definition) is 0. The number of aromatic nitrogens is 2. The number of benzene rings is 1. The van der Waals surface area contributed by atoms with Crippen LogP contribution in [0.15, 0.2) is 30.6 Å². The van der Waals surface area contributed by atoms with Crippen LogP contribution in [-0.2, 0) is 6.54 Å². The molecule has 6 nitrogen and oxygen atoms in total. The summed E-state index contributed by atoms with van der Waals surface area (Å²) < 4.78 is 15.0. The third-order valence-electron chi connectivity index (χ3n) is 2.83. The van der Waals surface area contributed by atoms with E-state index in [9.17, 15) is 19.3 Å². The van der Waals surface area contributed by atoms with Crippen LogP contribution in [-0.4, -0.2) is 20.5 Å². The van der Waals surface area contributed by atoms with Crippen molar-refractivity contribution in [1.29, 1.82) is 0 Å². The molecule has 0 amide bonds. The van der Waals surface area contributed by atoms with E-state index in [0.29, 0.717) is 17.5 Å². The van der Waals surface area contributed by atoms with Crippen molar-refractivity contribution < 1.29 is 14.1 Å². The molecule has 0 radical (unpaired) electrons. The van der Waals surface area contributed by atoms with Crippen LogP contribution >= 0.6 is 0 Å². The summed E-state index contributed by atoms with van der Waals surface area (Å²) in [4.78, 5) is 21.2. The molecule has 1 heterocycles. The van der Waals surface area contributed by atoms with Gasteiger partial charge in [-0.3, -0.25) is 19.6 Å². The van der Waals surface area contributed by atoms with Gasteiger partial charge in [-0.2, -0.15) is 9.49 Å². The lowest BCUT2D eigenvalue weighted by Gasteiger charge is -2.02. The zero-order chi connectivity index (χ0) is 14.7. The molecule has 104 valence electrons. The van der Waals surface area contributed by atoms with Crippen LogP contribution in [0.3, 0.4) is 0 Å². The molecular weight excluding hydrogens is 265 g/mol. The highest BCUT2D eigenvalue weighted by atomic mass is 19.1. The molecular formula is C13H12FN3O3. The SMILES string of the molecule is CCC(=O)c1cnn(Cc2ccc([N+](=O)[O-])c(F)c2)c1. The van der Waals surface area contributed by atoms with Crippen LogP contribution in [0.4, 0.5) is 10.1 Å². The number of halogens is 1. The maximum atomic E-state index is 13.5. The van der Waals surface area contributed by atoms with Gasteiger partial charge in [0.05, 0.1) is 23.2 Å². The zero-order valence-electron chi connectivity index (χ0n) is 10.7. The third-order valence-corrected chi connectivity index (χ3v) is 2.83. The Morgan fingerprint density at radius 1 is 1.50 bits per heavy atom. The highest BCUT2D eigenvalue weighted by molar-refractivity contribution is 5.95. The van der Waals surface area contributed by atoms with Crippen molar-refractivity contribution in [1.82, 2.24) is 9.78 Å². The fraction of sp³-hybridized carbons (Fsp3) is 0.231. The Morgan fingerprint density at radius 3 is 2.85 bits per heavy atom. The van der Waals surface area contributed by atoms with Crippen LogP contribution in [0, 0.1) is 15.9 Å². The van der Waals surface area contributed by atoms with E-state index in [1.807, 2.05) is 0 Å². The van der Waals surface area contributed by atoms with Gasteiger partial charge in [0.15, 0.2) is 5.78 Å². The minimum atomic E-state index is -0.885. The first-order valence-electron chi connectivity index (χ1n) is 5.99. The minimum absolute atomic E-state index is 0.0221. The van der Waals surface area contributed by atoms with Gasteiger partial charge in [-0.25, -0.2) is 0 Å². The lowest BCUT2D eigenvalue weighted by molar-refractivity contribution is -0.387. The number of rotatable bonds is 5. The molecule has 0 saturated carbocycles. The first-order chi connectivity index (χ1) is 9.51. The summed E-state index contributed by atoms with van der Waals surface area (Å²) >= 11 is 0. The summed E-state index contributed by atoms with van der Waals surface area (Å²) in [5.41, 5.74) is 0.470. The molecule has 0 aliphatic heterocycles. The van der Waals surface area contributed by atoms with E-state index in [1.165, 1.54) is 16.9 Å². The number of Topliss-reactive ketones (excluding diaryl/α,β-unsaturated/α-hetero) is 1. The second kappa shape index (κ2) is 5.60. The topological polar surface area (TPSA) is 78.0 Å². The molecule has 7 heteroatoms. The summed E-state index contributed by atoms with van der Waals surface area (Å²) in [5, 5.41) is 14.5. The standard InChI is InChI=1S/C13H12FN3O3/c1-2-13(18)10-6-15-16(8-10)7-9-3-4-12(17(19)20)11(14)5-9/h3-6,8H,2,7H2,1H3. The second-order valence-corrected chi connectivity index (χ2v) is 4.25. The van der Waals surface area contributed by atoms with Gasteiger partial charge in [-0.15, -0.1) is 0 Å². The van der Waals surface area contributed by atoms with Gasteiger partial charge in [-0.1, -0.05) is 13.0 Å². The Balaban J connectivity index is 2.18. The normalized spacial score (nSPS) is 10.5. The molecule has 2 aromatic rings. The first kappa shape index (κ1) is 13.9. The van der Waals surface area contributed by atoms with Crippen molar-refractivity contribution >= 4 is 11.5 Å². The van der Waals surface area contributed by atoms with E-state index in [-0.39, 0.29) is 12.3 Å². The van der Waals surface area contributed by atoms with E-state index in [0.717, 1.165) is 12.1 Å². The average molecular weight is 277 g/mol. The highest BCUT2D eigenvalue weighted by Gasteiger charge is 2.14. The van der Waals surface area contributed by atoms with Gasteiger partial charge in [0.25, 0.3) is 0 Å². The maximum Gasteiger partial charge on any atom is 0.304 e. The predicted molar refractivity (Wildman–Crippen MR) is 69.0 cm³/mol. The van der Waals surface area contributed by atoms with Crippen molar-refractivity contribution in [3.63, 3.8) is 0 Å². The molecule has 0 atom stereocenters. The molecule has 0 spiro atoms. The molecule has 0 aliphatic rings. The molecule has 0 fully saturated rings. The van der Waals surface area contributed by atoms with Crippen LogP contribution < -0.4 is 0 Å². The average Bonchev–Trinajstić information content (AvgIpc) is 2.86. The first-order valence-corrected chi connectivity index (χ1v) is 5.99. The van der Waals surface area contributed by atoms with E-state index >= 15 is 0 Å². The van der Waals surface area contributed by atoms with Crippen molar-refractivity contribution in [2.24, 2.45) is 0 Å². The van der Waals surface area contributed by atoms with Gasteiger partial charge in [0.2, 0.25) is 5.82 Å². The molecule has 1 aromatic carbocycles. The second-order valence-electron chi connectivity index (χ2n) is 4.25. The molecule has 0 saturated heterocycles. The van der Waals surface area contributed by atoms with Gasteiger partial charge in [0.1, 0.15) is 0 Å². The lowest BCUT2D eigenvalue weighted by Crippen LogP contribution is -2.02. The molecule has 0 N–H and O–H groups in total. The number of nitro benzene ring substituents is 1. The van der Waals surface area contributed by atoms with Crippen molar-refractivity contribution in [2.45, 2.75) is 19.9 Å². The molecule has 0 bridgehead atoms. The van der Waals surface area contributed by atoms with E-state index in [2.05, 4.69) is 5.10 Å². The number of hydrogen-bond acceptors (Lipinski definition) is 4. The Kier molecular flexibility index (Phi) is 3.88. The molecule has 0 aliphatic carbocycles. The van der Waals surface area contributed by atoms with Crippen LogP contribution in [0.2, 0.25) is 0 Å². The number of nitro groups is 1. The lowest BCUT2D eigenvalue weighted by atomic mass is 10.2. The molecule has 2 rings (SSSR count). The highest BCUT2D eigenvalue weighted by Crippen LogP contribution is 2.18. The quantitative estimate of drug-likeness (QED) is 0.478. The van der Waals surface area contributed by atoms with Crippen LogP contribution in [0.1, 0.15) is 29.3 Å². The summed E-state index contributed by atoms with van der Waals surface area (Å²) in [6, 6.07) is 3.68. The minimum Gasteiger partial charge on any atom is -0.294 e. The van der Waals surface area contributed by atoms with E-state index < -0.39 is 16.4 Å². The summed E-state index contributed by atoms with van der Waals surface area (Å²) in [5.74, 6) is -0.907. The van der Waals surface area contributed by atoms with Crippen molar-refractivity contribution in [3.8, 4) is 0 Å². The number of carbonyl (C=O) groups is 1. The number of carbonyl (C=O) groups excluding carboxylic acids is 1. The van der Waals surface area contributed by atoms with Crippen LogP contribution in [0.5, 0.6) is 0 Å². The Labute approximate surface area is 114 Å². The van der Waals surface area contributed by atoms with Crippen LogP contribution in [0.25, 0.3) is 0 Å². The number of ketones is 1. The predicted octanol–water partition coefficient (Wildman–Crippen LogP) is 2.57. The smallest absolute Gasteiger partial charge is 0.294 e. The van der Waals surface area contributed by atoms with E-state index in [1.54, 1.807) is 13.1 Å². The van der Waals surface area contributed by atoms with Crippen molar-refractivity contribution in [2.75, 3.05) is 0 Å². The third kappa shape index (κ3) is 2.87. The Morgan fingerprint density at radius 2 is 2.25 bits per heavy atom. The fourth-order valence-corrected chi connectivity index (χ4v) is 1.78. The Hall–Kier alpha value is -2.57. The largest absolute Gasteiger partial charge is 0.304 e. The number of nitrogens with zero attached hydrogens (tertiary/aromatic N) is 3. The van der Waals surface area contributed by atoms with Crippen molar-refractivity contribution in [3.05, 3.63) is 57.7 Å². The molecule has 0 unspecified atom stereocenters. The fourth-order valence-electron chi connectivity index (χ4n) is 1.78. The van der Waals surface area contributed by atoms with Gasteiger partial charge < -0.3 is 0 Å². The molecule has 1 aromatic heterocycles. The monoisotopic (exact) mass is 277 g/mol. The molecule has 20 heavy (non-hydrogen) atoms. The van der Waals surface area contributed by atoms with E-state index in [4.69, 9.17) is 0 Å².